The number of hydrogen-bond donors (Lipinski definition) is 1. The van der Waals surface area contributed by atoms with Crippen LogP contribution in [-0.4, -0.2) is 29.0 Å². The smallest absolute Gasteiger partial charge is 0.263 e. The molecule has 1 aromatic carbocycles. The van der Waals surface area contributed by atoms with Crippen molar-refractivity contribution in [3.63, 3.8) is 0 Å². The molecule has 1 saturated heterocycles. The van der Waals surface area contributed by atoms with Crippen molar-refractivity contribution in [3.8, 4) is 0 Å². The Hall–Kier alpha value is -1.56. The van der Waals surface area contributed by atoms with Crippen molar-refractivity contribution >= 4 is 12.4 Å². The standard InChI is InChI=1S/C20H25F2N3.ClH/c21-20(22)17-8-6-16(7-9-17)14-25(15-18-4-1-2-12-24-18)19-5-3-11-23-13-10-19;/h1-2,4,6-9,12,19-20,23H,3,5,10-11,13-15H2;1H. The number of aromatic nitrogens is 1. The molecule has 0 aliphatic carbocycles. The summed E-state index contributed by atoms with van der Waals surface area (Å²) in [5.74, 6) is 0. The van der Waals surface area contributed by atoms with Gasteiger partial charge in [-0.25, -0.2) is 8.78 Å². The van der Waals surface area contributed by atoms with Crippen molar-refractivity contribution in [2.24, 2.45) is 0 Å². The van der Waals surface area contributed by atoms with Gasteiger partial charge < -0.3 is 5.32 Å². The van der Waals surface area contributed by atoms with E-state index in [1.165, 1.54) is 12.1 Å². The maximum Gasteiger partial charge on any atom is 0.263 e. The van der Waals surface area contributed by atoms with Gasteiger partial charge >= 0.3 is 0 Å². The molecule has 0 radical (unpaired) electrons. The zero-order valence-electron chi connectivity index (χ0n) is 14.8. The van der Waals surface area contributed by atoms with Gasteiger partial charge in [-0.3, -0.25) is 9.88 Å². The summed E-state index contributed by atoms with van der Waals surface area (Å²) in [7, 11) is 0. The molecule has 1 aromatic heterocycles. The minimum atomic E-state index is -2.41. The summed E-state index contributed by atoms with van der Waals surface area (Å²) in [4.78, 5) is 6.90. The molecule has 3 rings (SSSR count). The first-order chi connectivity index (χ1) is 12.2. The van der Waals surface area contributed by atoms with E-state index < -0.39 is 6.43 Å². The van der Waals surface area contributed by atoms with Crippen LogP contribution in [0.15, 0.2) is 48.7 Å². The van der Waals surface area contributed by atoms with E-state index in [9.17, 15) is 8.78 Å². The molecule has 1 aliphatic rings. The van der Waals surface area contributed by atoms with Crippen molar-refractivity contribution in [2.75, 3.05) is 13.1 Å². The van der Waals surface area contributed by atoms with Gasteiger partial charge in [0.1, 0.15) is 0 Å². The largest absolute Gasteiger partial charge is 0.317 e. The second-order valence-electron chi connectivity index (χ2n) is 6.60. The van der Waals surface area contributed by atoms with Gasteiger partial charge in [0.15, 0.2) is 0 Å². The van der Waals surface area contributed by atoms with Crippen molar-refractivity contribution in [2.45, 2.75) is 44.8 Å². The summed E-state index contributed by atoms with van der Waals surface area (Å²) < 4.78 is 25.5. The second kappa shape index (κ2) is 10.6. The quantitative estimate of drug-likeness (QED) is 0.793. The van der Waals surface area contributed by atoms with Crippen LogP contribution in [0.3, 0.4) is 0 Å². The van der Waals surface area contributed by atoms with E-state index in [-0.39, 0.29) is 18.0 Å². The van der Waals surface area contributed by atoms with E-state index in [1.54, 1.807) is 0 Å². The summed E-state index contributed by atoms with van der Waals surface area (Å²) >= 11 is 0. The number of pyridine rings is 1. The fourth-order valence-corrected chi connectivity index (χ4v) is 3.38. The first-order valence-electron chi connectivity index (χ1n) is 8.94. The number of rotatable bonds is 6. The minimum absolute atomic E-state index is 0. The van der Waals surface area contributed by atoms with E-state index in [0.29, 0.717) is 6.04 Å². The van der Waals surface area contributed by atoms with Crippen LogP contribution in [0.2, 0.25) is 0 Å². The summed E-state index contributed by atoms with van der Waals surface area (Å²) in [5, 5.41) is 3.45. The van der Waals surface area contributed by atoms with Crippen molar-refractivity contribution in [3.05, 3.63) is 65.5 Å². The van der Waals surface area contributed by atoms with E-state index >= 15 is 0 Å². The van der Waals surface area contributed by atoms with Gasteiger partial charge in [0.25, 0.3) is 6.43 Å². The van der Waals surface area contributed by atoms with Gasteiger partial charge in [0.05, 0.1) is 5.69 Å². The Morgan fingerprint density at radius 3 is 2.54 bits per heavy atom. The first-order valence-corrected chi connectivity index (χ1v) is 8.94. The van der Waals surface area contributed by atoms with Crippen LogP contribution in [0.4, 0.5) is 8.78 Å². The maximum atomic E-state index is 12.8. The molecule has 0 bridgehead atoms. The molecule has 0 saturated carbocycles. The maximum absolute atomic E-state index is 12.8. The molecule has 26 heavy (non-hydrogen) atoms. The lowest BCUT2D eigenvalue weighted by Gasteiger charge is -2.31. The first kappa shape index (κ1) is 20.7. The van der Waals surface area contributed by atoms with Gasteiger partial charge in [-0.15, -0.1) is 12.4 Å². The molecular formula is C20H26ClF2N3. The van der Waals surface area contributed by atoms with Crippen LogP contribution in [0.1, 0.15) is 42.5 Å². The number of nitrogens with zero attached hydrogens (tertiary/aromatic N) is 2. The topological polar surface area (TPSA) is 28.2 Å². The normalized spacial score (nSPS) is 17.8. The molecule has 1 fully saturated rings. The monoisotopic (exact) mass is 381 g/mol. The predicted molar refractivity (Wildman–Crippen MR) is 103 cm³/mol. The van der Waals surface area contributed by atoms with E-state index in [1.807, 2.05) is 36.5 Å². The average molecular weight is 382 g/mol. The summed E-state index contributed by atoms with van der Waals surface area (Å²) in [6.45, 7) is 3.62. The van der Waals surface area contributed by atoms with Crippen LogP contribution in [-0.2, 0) is 13.1 Å². The lowest BCUT2D eigenvalue weighted by Crippen LogP contribution is -2.35. The third kappa shape index (κ3) is 6.01. The van der Waals surface area contributed by atoms with Gasteiger partial charge in [-0.05, 0) is 50.0 Å². The fourth-order valence-electron chi connectivity index (χ4n) is 3.38. The Balaban J connectivity index is 0.00000243. The van der Waals surface area contributed by atoms with Crippen LogP contribution in [0.25, 0.3) is 0 Å². The zero-order chi connectivity index (χ0) is 17.5. The summed E-state index contributed by atoms with van der Waals surface area (Å²) in [5.41, 5.74) is 2.19. The van der Waals surface area contributed by atoms with E-state index in [2.05, 4.69) is 15.2 Å². The van der Waals surface area contributed by atoms with Gasteiger partial charge in [-0.2, -0.15) is 0 Å². The third-order valence-corrected chi connectivity index (χ3v) is 4.77. The highest BCUT2D eigenvalue weighted by atomic mass is 35.5. The van der Waals surface area contributed by atoms with E-state index in [4.69, 9.17) is 0 Å². The van der Waals surface area contributed by atoms with Crippen LogP contribution >= 0.6 is 12.4 Å². The van der Waals surface area contributed by atoms with Gasteiger partial charge in [0.2, 0.25) is 0 Å². The molecule has 1 unspecified atom stereocenters. The Labute approximate surface area is 160 Å². The molecule has 0 amide bonds. The third-order valence-electron chi connectivity index (χ3n) is 4.77. The summed E-state index contributed by atoms with van der Waals surface area (Å²) in [6.07, 6.45) is 2.82. The number of halogens is 3. The molecule has 1 N–H and O–H groups in total. The second-order valence-corrected chi connectivity index (χ2v) is 6.60. The summed E-state index contributed by atoms with van der Waals surface area (Å²) in [6, 6.07) is 13.2. The highest BCUT2D eigenvalue weighted by molar-refractivity contribution is 5.85. The number of alkyl halides is 2. The Bertz CT molecular complexity index is 629. The Kier molecular flexibility index (Phi) is 8.42. The van der Waals surface area contributed by atoms with Crippen LogP contribution < -0.4 is 5.32 Å². The van der Waals surface area contributed by atoms with Crippen LogP contribution in [0.5, 0.6) is 0 Å². The average Bonchev–Trinajstić information content (AvgIpc) is 2.92. The molecular weight excluding hydrogens is 356 g/mol. The van der Waals surface area contributed by atoms with Crippen LogP contribution in [0, 0.1) is 0 Å². The van der Waals surface area contributed by atoms with Crippen molar-refractivity contribution < 1.29 is 8.78 Å². The number of benzene rings is 1. The SMILES string of the molecule is Cl.FC(F)c1ccc(CN(Cc2ccccn2)C2CCCNCC2)cc1. The number of nitrogens with one attached hydrogen (secondary N) is 1. The van der Waals surface area contributed by atoms with Gasteiger partial charge in [0, 0.05) is 30.9 Å². The molecule has 3 nitrogen and oxygen atoms in total. The van der Waals surface area contributed by atoms with Gasteiger partial charge in [-0.1, -0.05) is 30.3 Å². The lowest BCUT2D eigenvalue weighted by molar-refractivity contribution is 0.151. The minimum Gasteiger partial charge on any atom is -0.317 e. The molecule has 2 aromatic rings. The fraction of sp³-hybridized carbons (Fsp3) is 0.450. The molecule has 1 aliphatic heterocycles. The molecule has 1 atom stereocenters. The lowest BCUT2D eigenvalue weighted by atomic mass is 10.0. The zero-order valence-corrected chi connectivity index (χ0v) is 15.6. The van der Waals surface area contributed by atoms with Crippen molar-refractivity contribution in [1.29, 1.82) is 0 Å². The number of hydrogen-bond acceptors (Lipinski definition) is 3. The Morgan fingerprint density at radius 2 is 1.85 bits per heavy atom. The molecule has 142 valence electrons. The molecule has 6 heteroatoms. The highest BCUT2D eigenvalue weighted by Crippen LogP contribution is 2.22. The van der Waals surface area contributed by atoms with E-state index in [0.717, 1.165) is 56.7 Å². The molecule has 2 heterocycles. The molecule has 0 spiro atoms. The predicted octanol–water partition coefficient (Wildman–Crippen LogP) is 4.59. The Morgan fingerprint density at radius 1 is 1.04 bits per heavy atom. The highest BCUT2D eigenvalue weighted by Gasteiger charge is 2.21. The van der Waals surface area contributed by atoms with Crippen molar-refractivity contribution in [1.82, 2.24) is 15.2 Å².